The van der Waals surface area contributed by atoms with Crippen molar-refractivity contribution >= 4 is 30.4 Å². The van der Waals surface area contributed by atoms with E-state index in [9.17, 15) is 0 Å². The highest BCUT2D eigenvalue weighted by atomic mass is 127. The molecule has 1 aliphatic heterocycles. The van der Waals surface area contributed by atoms with Gasteiger partial charge in [0.2, 0.25) is 0 Å². The van der Waals surface area contributed by atoms with Crippen LogP contribution < -0.4 is 0 Å². The van der Waals surface area contributed by atoms with E-state index in [1.807, 2.05) is 0 Å². The molecular weight excluding hydrogens is 347 g/mol. The van der Waals surface area contributed by atoms with Gasteiger partial charge in [-0.1, -0.05) is 0 Å². The van der Waals surface area contributed by atoms with Crippen LogP contribution in [0, 0.1) is 0 Å². The van der Waals surface area contributed by atoms with Crippen molar-refractivity contribution in [1.29, 1.82) is 0 Å². The summed E-state index contributed by atoms with van der Waals surface area (Å²) >= 11 is 2.10. The summed E-state index contributed by atoms with van der Waals surface area (Å²) in [4.78, 5) is 0. The van der Waals surface area contributed by atoms with Crippen molar-refractivity contribution in [2.45, 2.75) is 44.9 Å². The summed E-state index contributed by atoms with van der Waals surface area (Å²) in [5, 5.41) is 16.2. The van der Waals surface area contributed by atoms with Crippen LogP contribution in [0.3, 0.4) is 0 Å². The predicted octanol–water partition coefficient (Wildman–Crippen LogP) is 1.86. The van der Waals surface area contributed by atoms with Crippen LogP contribution in [0.15, 0.2) is 0 Å². The van der Waals surface area contributed by atoms with Crippen LogP contribution in [0.25, 0.3) is 0 Å². The number of hydrogen-bond donors (Lipinski definition) is 2. The summed E-state index contributed by atoms with van der Waals surface area (Å²) in [7, 11) is 3.01. The van der Waals surface area contributed by atoms with E-state index in [2.05, 4.69) is 21.2 Å². The topological polar surface area (TPSA) is 68.2 Å². The minimum absolute atomic E-state index is 0.0113. The molecule has 0 aromatic heterocycles. The van der Waals surface area contributed by atoms with Gasteiger partial charge in [0.1, 0.15) is 0 Å². The molecule has 1 heterocycles. The molecule has 2 N–H and O–H groups in total. The van der Waals surface area contributed by atoms with Crippen LogP contribution >= 0.6 is 30.4 Å². The van der Waals surface area contributed by atoms with Crippen molar-refractivity contribution in [3.05, 3.63) is 0 Å². The Morgan fingerprint density at radius 2 is 2.00 bits per heavy atom. The van der Waals surface area contributed by atoms with E-state index < -0.39 is 5.79 Å². The Bertz CT molecular complexity index is 170. The Morgan fingerprint density at radius 1 is 1.44 bits per heavy atom. The van der Waals surface area contributed by atoms with E-state index in [1.165, 1.54) is 23.1 Å². The SMILES string of the molecule is CC(C)(O)O.COC1CCC(COSI)O1. The first kappa shape index (κ1) is 16.9. The molecule has 0 spiro atoms. The molecule has 0 aromatic rings. The molecule has 16 heavy (non-hydrogen) atoms. The average Bonchev–Trinajstić information content (AvgIpc) is 2.59. The van der Waals surface area contributed by atoms with Crippen LogP contribution in [-0.2, 0) is 13.7 Å². The molecule has 0 aromatic carbocycles. The first-order chi connectivity index (χ1) is 7.36. The van der Waals surface area contributed by atoms with Gasteiger partial charge in [-0.25, -0.2) is 0 Å². The molecule has 98 valence electrons. The van der Waals surface area contributed by atoms with Crippen molar-refractivity contribution in [3.63, 3.8) is 0 Å². The normalized spacial score (nSPS) is 25.1. The van der Waals surface area contributed by atoms with Gasteiger partial charge in [-0.2, -0.15) is 0 Å². The first-order valence-electron chi connectivity index (χ1n) is 4.90. The smallest absolute Gasteiger partial charge is 0.157 e. The summed E-state index contributed by atoms with van der Waals surface area (Å²) < 4.78 is 15.6. The molecule has 1 fully saturated rings. The van der Waals surface area contributed by atoms with Crippen LogP contribution in [0.1, 0.15) is 26.7 Å². The number of methoxy groups -OCH3 is 1. The molecule has 1 aliphatic rings. The third-order valence-electron chi connectivity index (χ3n) is 1.63. The second kappa shape index (κ2) is 8.90. The van der Waals surface area contributed by atoms with Crippen molar-refractivity contribution in [2.24, 2.45) is 0 Å². The molecule has 1 saturated heterocycles. The third kappa shape index (κ3) is 11.4. The maximum absolute atomic E-state index is 8.08. The molecule has 0 amide bonds. The zero-order valence-electron chi connectivity index (χ0n) is 9.68. The van der Waals surface area contributed by atoms with Gasteiger partial charge in [0.05, 0.1) is 21.9 Å². The maximum Gasteiger partial charge on any atom is 0.157 e. The monoisotopic (exact) mass is 366 g/mol. The van der Waals surface area contributed by atoms with Gasteiger partial charge in [-0.15, -0.1) is 0 Å². The average molecular weight is 366 g/mol. The standard InChI is InChI=1S/C6H11IO3S.C3H8O2/c1-8-6-3-2-5(10-6)4-9-11-7;1-3(2,4)5/h5-6H,2-4H2,1H3;4-5H,1-2H3. The molecule has 0 radical (unpaired) electrons. The Labute approximate surface area is 113 Å². The molecule has 2 unspecified atom stereocenters. The maximum atomic E-state index is 8.08. The Balaban J connectivity index is 0.000000385. The highest BCUT2D eigenvalue weighted by Crippen LogP contribution is 2.22. The van der Waals surface area contributed by atoms with E-state index >= 15 is 0 Å². The fraction of sp³-hybridized carbons (Fsp3) is 1.00. The van der Waals surface area contributed by atoms with E-state index in [0.29, 0.717) is 6.61 Å². The molecule has 0 saturated carbocycles. The largest absolute Gasteiger partial charge is 0.366 e. The van der Waals surface area contributed by atoms with Gasteiger partial charge in [0, 0.05) is 34.7 Å². The fourth-order valence-corrected chi connectivity index (χ4v) is 1.71. The molecule has 0 aliphatic carbocycles. The summed E-state index contributed by atoms with van der Waals surface area (Å²) in [6.07, 6.45) is 2.23. The minimum Gasteiger partial charge on any atom is -0.366 e. The molecule has 2 atom stereocenters. The molecular formula is C9H19IO5S. The van der Waals surface area contributed by atoms with Gasteiger partial charge < -0.3 is 23.9 Å². The summed E-state index contributed by atoms with van der Waals surface area (Å²) in [5.41, 5.74) is 0. The number of rotatable bonds is 4. The second-order valence-corrected chi connectivity index (χ2v) is 5.28. The van der Waals surface area contributed by atoms with E-state index in [-0.39, 0.29) is 12.4 Å². The summed E-state index contributed by atoms with van der Waals surface area (Å²) in [6.45, 7) is 3.26. The van der Waals surface area contributed by atoms with Gasteiger partial charge in [-0.3, -0.25) is 0 Å². The number of hydrogen-bond acceptors (Lipinski definition) is 6. The first-order valence-corrected chi connectivity index (χ1v) is 8.18. The molecule has 7 heteroatoms. The lowest BCUT2D eigenvalue weighted by Crippen LogP contribution is -2.16. The summed E-state index contributed by atoms with van der Waals surface area (Å²) in [6, 6.07) is 0. The van der Waals surface area contributed by atoms with Gasteiger partial charge >= 0.3 is 0 Å². The van der Waals surface area contributed by atoms with Crippen LogP contribution in [0.5, 0.6) is 0 Å². The van der Waals surface area contributed by atoms with E-state index in [0.717, 1.165) is 12.8 Å². The van der Waals surface area contributed by atoms with Crippen molar-refractivity contribution < 1.29 is 23.9 Å². The minimum atomic E-state index is -1.50. The van der Waals surface area contributed by atoms with Crippen molar-refractivity contribution in [3.8, 4) is 0 Å². The Morgan fingerprint density at radius 3 is 2.38 bits per heavy atom. The van der Waals surface area contributed by atoms with Gasteiger partial charge in [0.15, 0.2) is 12.1 Å². The molecule has 0 bridgehead atoms. The zero-order chi connectivity index (χ0) is 12.6. The van der Waals surface area contributed by atoms with E-state index in [1.54, 1.807) is 7.11 Å². The fourth-order valence-electron chi connectivity index (χ4n) is 1.07. The number of halogens is 1. The summed E-state index contributed by atoms with van der Waals surface area (Å²) in [5.74, 6) is -1.50. The van der Waals surface area contributed by atoms with Crippen molar-refractivity contribution in [2.75, 3.05) is 13.7 Å². The number of aliphatic hydroxyl groups is 2. The Kier molecular flexibility index (Phi) is 9.39. The number of ether oxygens (including phenoxy) is 2. The van der Waals surface area contributed by atoms with Gasteiger partial charge in [0.25, 0.3) is 0 Å². The highest BCUT2D eigenvalue weighted by Gasteiger charge is 2.24. The quantitative estimate of drug-likeness (QED) is 0.450. The van der Waals surface area contributed by atoms with E-state index in [4.69, 9.17) is 23.9 Å². The van der Waals surface area contributed by atoms with Crippen molar-refractivity contribution in [1.82, 2.24) is 0 Å². The lowest BCUT2D eigenvalue weighted by Gasteiger charge is -2.10. The second-order valence-electron chi connectivity index (χ2n) is 3.84. The zero-order valence-corrected chi connectivity index (χ0v) is 12.7. The van der Waals surface area contributed by atoms with Crippen LogP contribution in [0.4, 0.5) is 0 Å². The predicted molar refractivity (Wildman–Crippen MR) is 71.0 cm³/mol. The Hall–Kier alpha value is 0.880. The lowest BCUT2D eigenvalue weighted by molar-refractivity contribution is -0.127. The molecule has 1 rings (SSSR count). The van der Waals surface area contributed by atoms with Crippen LogP contribution in [0.2, 0.25) is 0 Å². The highest BCUT2D eigenvalue weighted by molar-refractivity contribution is 14.2. The van der Waals surface area contributed by atoms with Gasteiger partial charge in [-0.05, 0) is 20.3 Å². The van der Waals surface area contributed by atoms with Crippen LogP contribution in [-0.4, -0.2) is 42.1 Å². The lowest BCUT2D eigenvalue weighted by atomic mass is 10.2. The molecule has 5 nitrogen and oxygen atoms in total. The third-order valence-corrected chi connectivity index (χ3v) is 2.62.